The molecule has 1 unspecified atom stereocenters. The van der Waals surface area contributed by atoms with Gasteiger partial charge < -0.3 is 4.90 Å². The Balaban J connectivity index is 2.05. The summed E-state index contributed by atoms with van der Waals surface area (Å²) in [6.07, 6.45) is 2.45. The van der Waals surface area contributed by atoms with Gasteiger partial charge in [0.15, 0.2) is 0 Å². The fourth-order valence-electron chi connectivity index (χ4n) is 2.41. The second-order valence-corrected chi connectivity index (χ2v) is 6.40. The molecular weight excluding hydrogens is 278 g/mol. The van der Waals surface area contributed by atoms with E-state index in [4.69, 9.17) is 0 Å². The van der Waals surface area contributed by atoms with Crippen molar-refractivity contribution in [2.75, 3.05) is 18.0 Å². The quantitative estimate of drug-likeness (QED) is 0.786. The van der Waals surface area contributed by atoms with Crippen LogP contribution in [0.1, 0.15) is 31.2 Å². The first kappa shape index (κ1) is 12.8. The van der Waals surface area contributed by atoms with Crippen molar-refractivity contribution in [2.45, 2.75) is 38.4 Å². The molecule has 1 aliphatic rings. The van der Waals surface area contributed by atoms with Gasteiger partial charge >= 0.3 is 0 Å². The number of aryl methyl sites for hydroxylation is 2. The molecule has 1 atom stereocenters. The van der Waals surface area contributed by atoms with Crippen LogP contribution in [0.15, 0.2) is 6.07 Å². The summed E-state index contributed by atoms with van der Waals surface area (Å²) in [5, 5.41) is 0. The Bertz CT molecular complexity index is 364. The molecule has 0 radical (unpaired) electrons. The van der Waals surface area contributed by atoms with Crippen molar-refractivity contribution in [3.8, 4) is 0 Å². The maximum Gasteiger partial charge on any atom is 0.225 e. The third-order valence-electron chi connectivity index (χ3n) is 3.44. The van der Waals surface area contributed by atoms with Crippen LogP contribution in [0, 0.1) is 19.8 Å². The SMILES string of the molecule is Cc1cc(C)nc(N2CCC(C(C)Br)CC2)n1. The zero-order chi connectivity index (χ0) is 12.4. The van der Waals surface area contributed by atoms with E-state index in [9.17, 15) is 0 Å². The lowest BCUT2D eigenvalue weighted by Crippen LogP contribution is -2.37. The summed E-state index contributed by atoms with van der Waals surface area (Å²) >= 11 is 3.69. The van der Waals surface area contributed by atoms with Crippen molar-refractivity contribution in [3.63, 3.8) is 0 Å². The minimum atomic E-state index is 0.616. The molecule has 3 nitrogen and oxygen atoms in total. The molecule has 17 heavy (non-hydrogen) atoms. The summed E-state index contributed by atoms with van der Waals surface area (Å²) in [7, 11) is 0. The average Bonchev–Trinajstić information content (AvgIpc) is 2.28. The van der Waals surface area contributed by atoms with Gasteiger partial charge in [-0.2, -0.15) is 0 Å². The number of alkyl halides is 1. The first-order valence-electron chi connectivity index (χ1n) is 6.27. The van der Waals surface area contributed by atoms with E-state index in [0.29, 0.717) is 4.83 Å². The number of anilines is 1. The van der Waals surface area contributed by atoms with Gasteiger partial charge in [-0.15, -0.1) is 0 Å². The highest BCUT2D eigenvalue weighted by Crippen LogP contribution is 2.26. The first-order chi connectivity index (χ1) is 8.06. The van der Waals surface area contributed by atoms with Crippen LogP contribution in [0.25, 0.3) is 0 Å². The first-order valence-corrected chi connectivity index (χ1v) is 7.19. The Hall–Kier alpha value is -0.640. The zero-order valence-electron chi connectivity index (χ0n) is 10.8. The highest BCUT2D eigenvalue weighted by Gasteiger charge is 2.23. The second-order valence-electron chi connectivity index (χ2n) is 4.95. The summed E-state index contributed by atoms with van der Waals surface area (Å²) in [6, 6.07) is 2.02. The molecule has 0 saturated carbocycles. The Morgan fingerprint density at radius 2 is 1.76 bits per heavy atom. The number of hydrogen-bond donors (Lipinski definition) is 0. The Labute approximate surface area is 112 Å². The van der Waals surface area contributed by atoms with E-state index in [1.807, 2.05) is 19.9 Å². The molecule has 1 saturated heterocycles. The third kappa shape index (κ3) is 3.18. The molecule has 2 heterocycles. The lowest BCUT2D eigenvalue weighted by Gasteiger charge is -2.33. The fourth-order valence-corrected chi connectivity index (χ4v) is 2.94. The Morgan fingerprint density at radius 3 is 2.24 bits per heavy atom. The van der Waals surface area contributed by atoms with Crippen molar-refractivity contribution < 1.29 is 0 Å². The smallest absolute Gasteiger partial charge is 0.225 e. The minimum absolute atomic E-state index is 0.616. The molecule has 4 heteroatoms. The van der Waals surface area contributed by atoms with E-state index in [1.54, 1.807) is 0 Å². The van der Waals surface area contributed by atoms with Crippen LogP contribution in [-0.4, -0.2) is 27.9 Å². The monoisotopic (exact) mass is 297 g/mol. The normalized spacial score (nSPS) is 19.4. The van der Waals surface area contributed by atoms with E-state index in [0.717, 1.165) is 36.3 Å². The van der Waals surface area contributed by atoms with Gasteiger partial charge in [0, 0.05) is 29.3 Å². The van der Waals surface area contributed by atoms with Crippen molar-refractivity contribution in [2.24, 2.45) is 5.92 Å². The number of piperidine rings is 1. The van der Waals surface area contributed by atoms with Crippen LogP contribution in [0.2, 0.25) is 0 Å². The predicted molar refractivity (Wildman–Crippen MR) is 74.8 cm³/mol. The predicted octanol–water partition coefficient (Wildman–Crippen LogP) is 3.09. The van der Waals surface area contributed by atoms with Crippen LogP contribution in [0.3, 0.4) is 0 Å². The molecule has 0 aromatic carbocycles. The molecule has 94 valence electrons. The summed E-state index contributed by atoms with van der Waals surface area (Å²) in [5.74, 6) is 1.69. The van der Waals surface area contributed by atoms with E-state index < -0.39 is 0 Å². The molecule has 0 N–H and O–H groups in total. The van der Waals surface area contributed by atoms with E-state index in [-0.39, 0.29) is 0 Å². The molecule has 2 rings (SSSR count). The van der Waals surface area contributed by atoms with Crippen LogP contribution >= 0.6 is 15.9 Å². The lowest BCUT2D eigenvalue weighted by atomic mass is 9.94. The summed E-state index contributed by atoms with van der Waals surface area (Å²) in [5.41, 5.74) is 2.12. The molecule has 0 bridgehead atoms. The molecule has 0 aliphatic carbocycles. The summed E-state index contributed by atoms with van der Waals surface area (Å²) in [6.45, 7) is 8.46. The van der Waals surface area contributed by atoms with Crippen LogP contribution < -0.4 is 4.90 Å². The van der Waals surface area contributed by atoms with Crippen molar-refractivity contribution >= 4 is 21.9 Å². The summed E-state index contributed by atoms with van der Waals surface area (Å²) < 4.78 is 0. The van der Waals surface area contributed by atoms with Gasteiger partial charge in [-0.1, -0.05) is 22.9 Å². The van der Waals surface area contributed by atoms with Gasteiger partial charge in [0.2, 0.25) is 5.95 Å². The minimum Gasteiger partial charge on any atom is -0.341 e. The number of nitrogens with zero attached hydrogens (tertiary/aromatic N) is 3. The summed E-state index contributed by atoms with van der Waals surface area (Å²) in [4.78, 5) is 12.0. The maximum absolute atomic E-state index is 4.53. The van der Waals surface area contributed by atoms with Crippen molar-refractivity contribution in [3.05, 3.63) is 17.5 Å². The number of rotatable bonds is 2. The highest BCUT2D eigenvalue weighted by atomic mass is 79.9. The van der Waals surface area contributed by atoms with Crippen molar-refractivity contribution in [1.29, 1.82) is 0 Å². The van der Waals surface area contributed by atoms with Gasteiger partial charge in [-0.05, 0) is 38.7 Å². The van der Waals surface area contributed by atoms with Gasteiger partial charge in [0.1, 0.15) is 0 Å². The number of aromatic nitrogens is 2. The Morgan fingerprint density at radius 1 is 1.24 bits per heavy atom. The lowest BCUT2D eigenvalue weighted by molar-refractivity contribution is 0.403. The molecular formula is C13H20BrN3. The fraction of sp³-hybridized carbons (Fsp3) is 0.692. The molecule has 1 aromatic heterocycles. The van der Waals surface area contributed by atoms with Crippen molar-refractivity contribution in [1.82, 2.24) is 9.97 Å². The van der Waals surface area contributed by atoms with E-state index in [2.05, 4.69) is 37.7 Å². The standard InChI is InChI=1S/C13H20BrN3/c1-9-8-10(2)16-13(15-9)17-6-4-12(5-7-17)11(3)14/h8,11-12H,4-7H2,1-3H3. The van der Waals surface area contributed by atoms with E-state index >= 15 is 0 Å². The highest BCUT2D eigenvalue weighted by molar-refractivity contribution is 9.09. The second kappa shape index (κ2) is 5.34. The maximum atomic E-state index is 4.53. The molecule has 0 amide bonds. The molecule has 1 aliphatic heterocycles. The largest absolute Gasteiger partial charge is 0.341 e. The van der Waals surface area contributed by atoms with Gasteiger partial charge in [0.25, 0.3) is 0 Å². The number of hydrogen-bond acceptors (Lipinski definition) is 3. The topological polar surface area (TPSA) is 29.0 Å². The van der Waals surface area contributed by atoms with Crippen LogP contribution in [0.4, 0.5) is 5.95 Å². The van der Waals surface area contributed by atoms with Gasteiger partial charge in [-0.3, -0.25) is 0 Å². The third-order valence-corrected chi connectivity index (χ3v) is 4.19. The van der Waals surface area contributed by atoms with Crippen LogP contribution in [0.5, 0.6) is 0 Å². The van der Waals surface area contributed by atoms with Crippen LogP contribution in [-0.2, 0) is 0 Å². The van der Waals surface area contributed by atoms with E-state index in [1.165, 1.54) is 12.8 Å². The Kier molecular flexibility index (Phi) is 4.02. The van der Waals surface area contributed by atoms with Gasteiger partial charge in [0.05, 0.1) is 0 Å². The number of halogens is 1. The average molecular weight is 298 g/mol. The van der Waals surface area contributed by atoms with Gasteiger partial charge in [-0.25, -0.2) is 9.97 Å². The molecule has 1 fully saturated rings. The molecule has 0 spiro atoms. The zero-order valence-corrected chi connectivity index (χ0v) is 12.4. The molecule has 1 aromatic rings.